The summed E-state index contributed by atoms with van der Waals surface area (Å²) in [6.07, 6.45) is 0.172. The Bertz CT molecular complexity index is 624. The molecule has 1 amide bonds. The second kappa shape index (κ2) is 7.65. The van der Waals surface area contributed by atoms with Crippen molar-refractivity contribution in [2.24, 2.45) is 0 Å². The van der Waals surface area contributed by atoms with E-state index in [9.17, 15) is 4.79 Å². The van der Waals surface area contributed by atoms with Gasteiger partial charge in [0.2, 0.25) is 5.91 Å². The highest BCUT2D eigenvalue weighted by Gasteiger charge is 2.08. The van der Waals surface area contributed by atoms with Crippen LogP contribution in [0, 0.1) is 6.92 Å². The Morgan fingerprint density at radius 3 is 2.68 bits per heavy atom. The molecule has 0 aliphatic heterocycles. The molecule has 0 saturated heterocycles. The van der Waals surface area contributed by atoms with Crippen molar-refractivity contribution < 1.29 is 9.53 Å². The Hall–Kier alpha value is -2.28. The average Bonchev–Trinajstić information content (AvgIpc) is 2.89. The standard InChI is InChI=1S/C15H21N5O2/c1-11(2)22-10-14-7-5-4-6-13(14)8-16-15(21)9-20-12(3)17-18-19-20/h4-7,11H,8-10H2,1-3H3,(H,16,21). The first kappa shape index (κ1) is 16.1. The van der Waals surface area contributed by atoms with Gasteiger partial charge in [0.15, 0.2) is 0 Å². The van der Waals surface area contributed by atoms with E-state index in [-0.39, 0.29) is 18.6 Å². The highest BCUT2D eigenvalue weighted by atomic mass is 16.5. The van der Waals surface area contributed by atoms with Crippen molar-refractivity contribution in [3.05, 3.63) is 41.2 Å². The fourth-order valence-electron chi connectivity index (χ4n) is 1.91. The molecule has 2 rings (SSSR count). The Kier molecular flexibility index (Phi) is 5.60. The van der Waals surface area contributed by atoms with Crippen molar-refractivity contribution in [3.8, 4) is 0 Å². The summed E-state index contributed by atoms with van der Waals surface area (Å²) in [6.45, 7) is 6.86. The summed E-state index contributed by atoms with van der Waals surface area (Å²) in [6, 6.07) is 7.91. The molecule has 1 N–H and O–H groups in total. The van der Waals surface area contributed by atoms with Gasteiger partial charge in [-0.3, -0.25) is 4.79 Å². The minimum atomic E-state index is -0.130. The van der Waals surface area contributed by atoms with E-state index in [2.05, 4.69) is 20.8 Å². The number of nitrogens with one attached hydrogen (secondary N) is 1. The normalized spacial score (nSPS) is 10.9. The molecule has 1 aromatic heterocycles. The lowest BCUT2D eigenvalue weighted by atomic mass is 10.1. The first-order chi connectivity index (χ1) is 10.6. The van der Waals surface area contributed by atoms with Gasteiger partial charge < -0.3 is 10.1 Å². The van der Waals surface area contributed by atoms with Crippen molar-refractivity contribution >= 4 is 5.91 Å². The molecule has 0 fully saturated rings. The molecule has 7 heteroatoms. The molecule has 0 atom stereocenters. The van der Waals surface area contributed by atoms with E-state index in [1.54, 1.807) is 6.92 Å². The largest absolute Gasteiger partial charge is 0.374 e. The summed E-state index contributed by atoms with van der Waals surface area (Å²) >= 11 is 0. The Morgan fingerprint density at radius 1 is 1.32 bits per heavy atom. The van der Waals surface area contributed by atoms with E-state index in [1.165, 1.54) is 4.68 Å². The van der Waals surface area contributed by atoms with Gasteiger partial charge in [-0.25, -0.2) is 4.68 Å². The van der Waals surface area contributed by atoms with E-state index in [1.807, 2.05) is 38.1 Å². The number of aryl methyl sites for hydroxylation is 1. The number of amides is 1. The van der Waals surface area contributed by atoms with Crippen LogP contribution in [0.5, 0.6) is 0 Å². The number of aromatic nitrogens is 4. The number of carbonyl (C=O) groups excluding carboxylic acids is 1. The number of hydrogen-bond donors (Lipinski definition) is 1. The summed E-state index contributed by atoms with van der Waals surface area (Å²) in [4.78, 5) is 12.0. The average molecular weight is 303 g/mol. The highest BCUT2D eigenvalue weighted by molar-refractivity contribution is 5.75. The van der Waals surface area contributed by atoms with Crippen LogP contribution in [0.1, 0.15) is 30.8 Å². The van der Waals surface area contributed by atoms with Crippen LogP contribution in [0.3, 0.4) is 0 Å². The van der Waals surface area contributed by atoms with E-state index >= 15 is 0 Å². The molecular weight excluding hydrogens is 282 g/mol. The maximum absolute atomic E-state index is 12.0. The van der Waals surface area contributed by atoms with E-state index in [4.69, 9.17) is 4.74 Å². The number of nitrogens with zero attached hydrogens (tertiary/aromatic N) is 4. The first-order valence-electron chi connectivity index (χ1n) is 7.24. The van der Waals surface area contributed by atoms with Crippen LogP contribution in [0.2, 0.25) is 0 Å². The number of carbonyl (C=O) groups is 1. The van der Waals surface area contributed by atoms with Crippen molar-refractivity contribution in [3.63, 3.8) is 0 Å². The minimum Gasteiger partial charge on any atom is -0.374 e. The maximum Gasteiger partial charge on any atom is 0.242 e. The molecule has 1 aromatic carbocycles. The van der Waals surface area contributed by atoms with Crippen molar-refractivity contribution in [2.75, 3.05) is 0 Å². The molecule has 0 aliphatic rings. The van der Waals surface area contributed by atoms with E-state index in [0.717, 1.165) is 11.1 Å². The number of tetrazole rings is 1. The van der Waals surface area contributed by atoms with Crippen molar-refractivity contribution in [2.45, 2.75) is 46.6 Å². The zero-order valence-electron chi connectivity index (χ0n) is 13.1. The van der Waals surface area contributed by atoms with Gasteiger partial charge >= 0.3 is 0 Å². The second-order valence-corrected chi connectivity index (χ2v) is 5.29. The highest BCUT2D eigenvalue weighted by Crippen LogP contribution is 2.11. The predicted molar refractivity (Wildman–Crippen MR) is 80.8 cm³/mol. The van der Waals surface area contributed by atoms with Crippen molar-refractivity contribution in [1.82, 2.24) is 25.5 Å². The van der Waals surface area contributed by atoms with Gasteiger partial charge in [-0.15, -0.1) is 5.10 Å². The fourth-order valence-corrected chi connectivity index (χ4v) is 1.91. The monoisotopic (exact) mass is 303 g/mol. The Morgan fingerprint density at radius 2 is 2.05 bits per heavy atom. The molecule has 0 saturated carbocycles. The number of ether oxygens (including phenoxy) is 1. The summed E-state index contributed by atoms with van der Waals surface area (Å²) in [5.74, 6) is 0.482. The summed E-state index contributed by atoms with van der Waals surface area (Å²) < 4.78 is 7.09. The number of hydrogen-bond acceptors (Lipinski definition) is 5. The van der Waals surface area contributed by atoms with Gasteiger partial charge in [0.25, 0.3) is 0 Å². The Labute approximate surface area is 129 Å². The summed E-state index contributed by atoms with van der Waals surface area (Å²) in [5, 5.41) is 13.9. The zero-order valence-corrected chi connectivity index (χ0v) is 13.1. The molecule has 0 spiro atoms. The number of rotatable bonds is 7. The minimum absolute atomic E-state index is 0.115. The molecule has 22 heavy (non-hydrogen) atoms. The topological polar surface area (TPSA) is 81.9 Å². The SMILES string of the molecule is Cc1nnnn1CC(=O)NCc1ccccc1COC(C)C. The first-order valence-corrected chi connectivity index (χ1v) is 7.24. The van der Waals surface area contributed by atoms with Crippen LogP contribution in [0.4, 0.5) is 0 Å². The van der Waals surface area contributed by atoms with Gasteiger partial charge in [0.05, 0.1) is 12.7 Å². The third kappa shape index (κ3) is 4.63. The van der Waals surface area contributed by atoms with Crippen LogP contribution in [-0.4, -0.2) is 32.2 Å². The van der Waals surface area contributed by atoms with Crippen LogP contribution < -0.4 is 5.32 Å². The molecule has 1 heterocycles. The lowest BCUT2D eigenvalue weighted by Gasteiger charge is -2.13. The molecule has 0 bridgehead atoms. The van der Waals surface area contributed by atoms with Crippen LogP contribution in [-0.2, 0) is 29.2 Å². The van der Waals surface area contributed by atoms with Gasteiger partial charge in [-0.2, -0.15) is 0 Å². The molecule has 7 nitrogen and oxygen atoms in total. The van der Waals surface area contributed by atoms with Gasteiger partial charge in [0.1, 0.15) is 12.4 Å². The van der Waals surface area contributed by atoms with Gasteiger partial charge in [-0.05, 0) is 42.3 Å². The quantitative estimate of drug-likeness (QED) is 0.831. The third-order valence-corrected chi connectivity index (χ3v) is 3.17. The smallest absolute Gasteiger partial charge is 0.242 e. The third-order valence-electron chi connectivity index (χ3n) is 3.17. The summed E-state index contributed by atoms with van der Waals surface area (Å²) in [5.41, 5.74) is 2.13. The molecule has 0 unspecified atom stereocenters. The van der Waals surface area contributed by atoms with Crippen LogP contribution in [0.25, 0.3) is 0 Å². The predicted octanol–water partition coefficient (Wildman–Crippen LogP) is 1.22. The molecule has 2 aromatic rings. The molecule has 0 radical (unpaired) electrons. The van der Waals surface area contributed by atoms with Gasteiger partial charge in [-0.1, -0.05) is 24.3 Å². The maximum atomic E-state index is 12.0. The Balaban J connectivity index is 1.91. The molecule has 0 aliphatic carbocycles. The lowest BCUT2D eigenvalue weighted by molar-refractivity contribution is -0.122. The van der Waals surface area contributed by atoms with Crippen LogP contribution in [0.15, 0.2) is 24.3 Å². The van der Waals surface area contributed by atoms with Crippen molar-refractivity contribution in [1.29, 1.82) is 0 Å². The van der Waals surface area contributed by atoms with Gasteiger partial charge in [0, 0.05) is 6.54 Å². The second-order valence-electron chi connectivity index (χ2n) is 5.29. The van der Waals surface area contributed by atoms with Crippen LogP contribution >= 0.6 is 0 Å². The zero-order chi connectivity index (χ0) is 15.9. The van der Waals surface area contributed by atoms with E-state index < -0.39 is 0 Å². The van der Waals surface area contributed by atoms with E-state index in [0.29, 0.717) is 19.0 Å². The number of benzene rings is 1. The summed E-state index contributed by atoms with van der Waals surface area (Å²) in [7, 11) is 0. The molecule has 118 valence electrons. The molecular formula is C15H21N5O2. The fraction of sp³-hybridized carbons (Fsp3) is 0.467. The lowest BCUT2D eigenvalue weighted by Crippen LogP contribution is -2.28.